The zero-order valence-electron chi connectivity index (χ0n) is 17.2. The molecule has 0 bridgehead atoms. The van der Waals surface area contributed by atoms with Crippen molar-refractivity contribution in [2.75, 3.05) is 25.2 Å². The van der Waals surface area contributed by atoms with Crippen molar-refractivity contribution in [3.63, 3.8) is 0 Å². The van der Waals surface area contributed by atoms with E-state index < -0.39 is 12.6 Å². The molecule has 0 aliphatic heterocycles. The molecular formula is C25H22N2O4. The summed E-state index contributed by atoms with van der Waals surface area (Å²) in [5.74, 6) is -0.220. The fraction of sp³-hybridized carbons (Fsp3) is 0.160. The molecule has 6 nitrogen and oxygen atoms in total. The Balaban J connectivity index is 1.60. The number of benzene rings is 3. The maximum Gasteiger partial charge on any atom is 0.331 e. The molecule has 1 amide bonds. The number of nitriles is 1. The quantitative estimate of drug-likeness (QED) is 0.404. The van der Waals surface area contributed by atoms with Crippen molar-refractivity contribution in [2.45, 2.75) is 6.42 Å². The highest BCUT2D eigenvalue weighted by atomic mass is 16.5. The van der Waals surface area contributed by atoms with Gasteiger partial charge in [0, 0.05) is 18.3 Å². The van der Waals surface area contributed by atoms with Gasteiger partial charge in [0.2, 0.25) is 0 Å². The van der Waals surface area contributed by atoms with Gasteiger partial charge in [-0.3, -0.25) is 4.79 Å². The van der Waals surface area contributed by atoms with Crippen LogP contribution in [0.3, 0.4) is 0 Å². The predicted molar refractivity (Wildman–Crippen MR) is 120 cm³/mol. The number of hydrogen-bond donors (Lipinski definition) is 0. The Morgan fingerprint density at radius 3 is 2.52 bits per heavy atom. The van der Waals surface area contributed by atoms with E-state index in [-0.39, 0.29) is 18.9 Å². The molecule has 0 aliphatic rings. The SMILES string of the molecule is COc1ccc2cc(/C=C/C(=O)OCC(=O)N(CCC#N)c3ccccc3)ccc2c1. The summed E-state index contributed by atoms with van der Waals surface area (Å²) in [4.78, 5) is 26.1. The second-order valence-electron chi connectivity index (χ2n) is 6.70. The lowest BCUT2D eigenvalue weighted by Gasteiger charge is -2.21. The van der Waals surface area contributed by atoms with Crippen molar-refractivity contribution >= 4 is 34.4 Å². The van der Waals surface area contributed by atoms with Crippen LogP contribution in [0.2, 0.25) is 0 Å². The summed E-state index contributed by atoms with van der Waals surface area (Å²) in [6.07, 6.45) is 3.11. The average Bonchev–Trinajstić information content (AvgIpc) is 2.81. The van der Waals surface area contributed by atoms with Gasteiger partial charge in [-0.15, -0.1) is 0 Å². The predicted octanol–water partition coefficient (Wildman–Crippen LogP) is 4.35. The van der Waals surface area contributed by atoms with Gasteiger partial charge in [-0.1, -0.05) is 36.4 Å². The Labute approximate surface area is 180 Å². The Kier molecular flexibility index (Phi) is 7.39. The third kappa shape index (κ3) is 5.94. The number of fused-ring (bicyclic) bond motifs is 1. The van der Waals surface area contributed by atoms with E-state index in [1.54, 1.807) is 37.5 Å². The summed E-state index contributed by atoms with van der Waals surface area (Å²) in [6, 6.07) is 22.5. The van der Waals surface area contributed by atoms with Crippen LogP contribution >= 0.6 is 0 Å². The third-order valence-corrected chi connectivity index (χ3v) is 4.64. The second-order valence-corrected chi connectivity index (χ2v) is 6.70. The zero-order chi connectivity index (χ0) is 22.1. The van der Waals surface area contributed by atoms with Crippen LogP contribution in [0.15, 0.2) is 72.8 Å². The van der Waals surface area contributed by atoms with E-state index in [4.69, 9.17) is 14.7 Å². The minimum absolute atomic E-state index is 0.183. The van der Waals surface area contributed by atoms with E-state index in [9.17, 15) is 9.59 Å². The average molecular weight is 414 g/mol. The van der Waals surface area contributed by atoms with Crippen LogP contribution in [0.1, 0.15) is 12.0 Å². The second kappa shape index (κ2) is 10.6. The van der Waals surface area contributed by atoms with E-state index >= 15 is 0 Å². The maximum absolute atomic E-state index is 12.5. The number of amides is 1. The number of nitrogens with zero attached hydrogens (tertiary/aromatic N) is 2. The summed E-state index contributed by atoms with van der Waals surface area (Å²) < 4.78 is 10.3. The molecule has 0 radical (unpaired) electrons. The number of ether oxygens (including phenoxy) is 2. The van der Waals surface area contributed by atoms with Gasteiger partial charge in [0.1, 0.15) is 5.75 Å². The van der Waals surface area contributed by atoms with Crippen LogP contribution in [-0.2, 0) is 14.3 Å². The number of esters is 1. The molecule has 0 unspecified atom stereocenters. The first-order valence-electron chi connectivity index (χ1n) is 9.76. The maximum atomic E-state index is 12.5. The molecule has 0 aromatic heterocycles. The molecule has 6 heteroatoms. The Hall–Kier alpha value is -4.11. The highest BCUT2D eigenvalue weighted by molar-refractivity contribution is 5.96. The Morgan fingerprint density at radius 2 is 1.77 bits per heavy atom. The molecule has 0 aliphatic carbocycles. The number of carbonyl (C=O) groups excluding carboxylic acids is 2. The number of para-hydroxylation sites is 1. The number of methoxy groups -OCH3 is 1. The fourth-order valence-electron chi connectivity index (χ4n) is 3.06. The van der Waals surface area contributed by atoms with Gasteiger partial charge in [-0.2, -0.15) is 5.26 Å². The van der Waals surface area contributed by atoms with E-state index in [0.29, 0.717) is 5.69 Å². The molecule has 0 spiro atoms. The lowest BCUT2D eigenvalue weighted by Crippen LogP contribution is -2.35. The van der Waals surface area contributed by atoms with Gasteiger partial charge in [-0.05, 0) is 52.7 Å². The van der Waals surface area contributed by atoms with E-state index in [0.717, 1.165) is 22.1 Å². The third-order valence-electron chi connectivity index (χ3n) is 4.64. The van der Waals surface area contributed by atoms with Crippen LogP contribution in [0.25, 0.3) is 16.8 Å². The fourth-order valence-corrected chi connectivity index (χ4v) is 3.06. The van der Waals surface area contributed by atoms with Crippen molar-refractivity contribution in [1.29, 1.82) is 5.26 Å². The van der Waals surface area contributed by atoms with Gasteiger partial charge < -0.3 is 14.4 Å². The lowest BCUT2D eigenvalue weighted by atomic mass is 10.1. The minimum Gasteiger partial charge on any atom is -0.497 e. The topological polar surface area (TPSA) is 79.6 Å². The first-order valence-corrected chi connectivity index (χ1v) is 9.76. The number of anilines is 1. The Morgan fingerprint density at radius 1 is 1.03 bits per heavy atom. The van der Waals surface area contributed by atoms with Crippen molar-refractivity contribution < 1.29 is 19.1 Å². The van der Waals surface area contributed by atoms with Crippen LogP contribution in [-0.4, -0.2) is 32.1 Å². The Bertz CT molecular complexity index is 1130. The smallest absolute Gasteiger partial charge is 0.331 e. The van der Waals surface area contributed by atoms with Gasteiger partial charge >= 0.3 is 5.97 Å². The standard InChI is InChI=1S/C25H22N2O4/c1-30-23-12-11-20-16-19(8-10-21(20)17-23)9-13-25(29)31-18-24(28)27(15-5-14-26)22-6-3-2-4-7-22/h2-4,6-13,16-17H,5,15,18H2,1H3/b13-9+. The summed E-state index contributed by atoms with van der Waals surface area (Å²) >= 11 is 0. The molecule has 0 atom stereocenters. The molecule has 31 heavy (non-hydrogen) atoms. The minimum atomic E-state index is -0.614. The number of hydrogen-bond acceptors (Lipinski definition) is 5. The number of carbonyl (C=O) groups is 2. The molecule has 3 aromatic carbocycles. The first-order chi connectivity index (χ1) is 15.1. The molecule has 156 valence electrons. The molecule has 0 heterocycles. The molecule has 3 aromatic rings. The van der Waals surface area contributed by atoms with Gasteiger partial charge in [0.25, 0.3) is 5.91 Å². The molecule has 0 fully saturated rings. The summed E-state index contributed by atoms with van der Waals surface area (Å²) in [7, 11) is 1.62. The van der Waals surface area contributed by atoms with Gasteiger partial charge in [0.15, 0.2) is 6.61 Å². The van der Waals surface area contributed by atoms with E-state index in [1.165, 1.54) is 11.0 Å². The summed E-state index contributed by atoms with van der Waals surface area (Å²) in [5, 5.41) is 10.9. The van der Waals surface area contributed by atoms with E-state index in [1.807, 2.05) is 48.5 Å². The highest BCUT2D eigenvalue weighted by Crippen LogP contribution is 2.22. The monoisotopic (exact) mass is 414 g/mol. The molecule has 0 saturated carbocycles. The molecule has 0 N–H and O–H groups in total. The van der Waals surface area contributed by atoms with Crippen molar-refractivity contribution in [1.82, 2.24) is 0 Å². The van der Waals surface area contributed by atoms with Crippen LogP contribution in [0.5, 0.6) is 5.75 Å². The van der Waals surface area contributed by atoms with Gasteiger partial charge in [-0.25, -0.2) is 4.79 Å². The van der Waals surface area contributed by atoms with Gasteiger partial charge in [0.05, 0.1) is 19.6 Å². The lowest BCUT2D eigenvalue weighted by molar-refractivity contribution is -0.142. The number of rotatable bonds is 8. The van der Waals surface area contributed by atoms with Crippen molar-refractivity contribution in [3.05, 3.63) is 78.4 Å². The largest absolute Gasteiger partial charge is 0.497 e. The molecular weight excluding hydrogens is 392 g/mol. The first kappa shape index (κ1) is 21.6. The molecule has 3 rings (SSSR count). The van der Waals surface area contributed by atoms with Crippen LogP contribution < -0.4 is 9.64 Å². The summed E-state index contributed by atoms with van der Waals surface area (Å²) in [5.41, 5.74) is 1.49. The normalized spacial score (nSPS) is 10.6. The molecule has 0 saturated heterocycles. The van der Waals surface area contributed by atoms with E-state index in [2.05, 4.69) is 0 Å². The highest BCUT2D eigenvalue weighted by Gasteiger charge is 2.16. The summed E-state index contributed by atoms with van der Waals surface area (Å²) in [6.45, 7) is -0.171. The van der Waals surface area contributed by atoms with Crippen molar-refractivity contribution in [2.24, 2.45) is 0 Å². The zero-order valence-corrected chi connectivity index (χ0v) is 17.2. The van der Waals surface area contributed by atoms with Crippen LogP contribution in [0.4, 0.5) is 5.69 Å². The van der Waals surface area contributed by atoms with Crippen LogP contribution in [0, 0.1) is 11.3 Å². The van der Waals surface area contributed by atoms with Crippen molar-refractivity contribution in [3.8, 4) is 11.8 Å².